The molecule has 0 bridgehead atoms. The van der Waals surface area contributed by atoms with Crippen LogP contribution in [0.2, 0.25) is 0 Å². The lowest BCUT2D eigenvalue weighted by atomic mass is 10.1. The van der Waals surface area contributed by atoms with Crippen molar-refractivity contribution in [3.8, 4) is 0 Å². The molecule has 0 aliphatic rings. The maximum atomic E-state index is 13.6. The predicted molar refractivity (Wildman–Crippen MR) is 84.3 cm³/mol. The summed E-state index contributed by atoms with van der Waals surface area (Å²) in [5, 5.41) is 12.0. The molecule has 5 heteroatoms. The van der Waals surface area contributed by atoms with Gasteiger partial charge in [0.05, 0.1) is 5.56 Å². The maximum absolute atomic E-state index is 13.6. The molecule has 2 aromatic rings. The normalized spacial score (nSPS) is 10.5. The van der Waals surface area contributed by atoms with Gasteiger partial charge in [-0.05, 0) is 54.8 Å². The zero-order chi connectivity index (χ0) is 15.6. The van der Waals surface area contributed by atoms with Crippen molar-refractivity contribution in [1.29, 1.82) is 0 Å². The Labute approximate surface area is 130 Å². The van der Waals surface area contributed by atoms with Crippen molar-refractivity contribution in [2.75, 3.05) is 5.32 Å². The Morgan fingerprint density at radius 2 is 1.86 bits per heavy atom. The number of carboxylic acid groups (broad SMARTS) is 1. The Balaban J connectivity index is 2.13. The lowest BCUT2D eigenvalue weighted by Gasteiger charge is -2.11. The molecule has 3 nitrogen and oxygen atoms in total. The topological polar surface area (TPSA) is 49.3 Å². The third-order valence-corrected chi connectivity index (χ3v) is 4.45. The van der Waals surface area contributed by atoms with Crippen LogP contribution in [0.4, 0.5) is 10.1 Å². The molecule has 0 unspecified atom stereocenters. The van der Waals surface area contributed by atoms with E-state index in [1.807, 2.05) is 26.0 Å². The lowest BCUT2D eigenvalue weighted by Crippen LogP contribution is -2.04. The zero-order valence-electron chi connectivity index (χ0n) is 11.7. The second-order valence-electron chi connectivity index (χ2n) is 4.90. The maximum Gasteiger partial charge on any atom is 0.338 e. The van der Waals surface area contributed by atoms with Gasteiger partial charge in [-0.3, -0.25) is 0 Å². The van der Waals surface area contributed by atoms with Crippen LogP contribution in [-0.2, 0) is 6.54 Å². The van der Waals surface area contributed by atoms with E-state index < -0.39 is 11.8 Å². The lowest BCUT2D eigenvalue weighted by molar-refractivity contribution is 0.0692. The molecule has 2 N–H and O–H groups in total. The van der Waals surface area contributed by atoms with Crippen molar-refractivity contribution in [2.24, 2.45) is 0 Å². The van der Waals surface area contributed by atoms with Gasteiger partial charge in [0.2, 0.25) is 0 Å². The fourth-order valence-electron chi connectivity index (χ4n) is 2.09. The van der Waals surface area contributed by atoms with Gasteiger partial charge in [0.1, 0.15) is 5.82 Å². The number of anilines is 1. The highest BCUT2D eigenvalue weighted by Gasteiger charge is 2.10. The summed E-state index contributed by atoms with van der Waals surface area (Å²) in [7, 11) is 0. The smallest absolute Gasteiger partial charge is 0.338 e. The highest BCUT2D eigenvalue weighted by Crippen LogP contribution is 2.25. The average molecular weight is 352 g/mol. The number of carbonyl (C=O) groups is 1. The second-order valence-corrected chi connectivity index (χ2v) is 5.69. The van der Waals surface area contributed by atoms with E-state index >= 15 is 0 Å². The molecule has 2 aromatic carbocycles. The van der Waals surface area contributed by atoms with Crippen LogP contribution in [0.1, 0.15) is 27.0 Å². The van der Waals surface area contributed by atoms with Gasteiger partial charge >= 0.3 is 5.97 Å². The van der Waals surface area contributed by atoms with Crippen LogP contribution in [0.25, 0.3) is 0 Å². The van der Waals surface area contributed by atoms with Gasteiger partial charge in [0, 0.05) is 16.7 Å². The minimum Gasteiger partial charge on any atom is -0.478 e. The summed E-state index contributed by atoms with van der Waals surface area (Å²) in [6, 6.07) is 8.14. The second kappa shape index (κ2) is 6.26. The average Bonchev–Trinajstić information content (AvgIpc) is 2.42. The van der Waals surface area contributed by atoms with Crippen LogP contribution >= 0.6 is 15.9 Å². The van der Waals surface area contributed by atoms with Crippen molar-refractivity contribution in [3.63, 3.8) is 0 Å². The van der Waals surface area contributed by atoms with Crippen molar-refractivity contribution in [3.05, 3.63) is 62.9 Å². The summed E-state index contributed by atoms with van der Waals surface area (Å²) >= 11 is 3.51. The van der Waals surface area contributed by atoms with Gasteiger partial charge in [-0.25, -0.2) is 9.18 Å². The van der Waals surface area contributed by atoms with E-state index in [4.69, 9.17) is 5.11 Å². The minimum absolute atomic E-state index is 0.311. The number of rotatable bonds is 4. The molecule has 0 spiro atoms. The SMILES string of the molecule is Cc1cc(NCc2ccc(C(=O)O)c(F)c2)cc(C)c1Br. The summed E-state index contributed by atoms with van der Waals surface area (Å²) in [5.41, 5.74) is 3.55. The van der Waals surface area contributed by atoms with E-state index in [0.29, 0.717) is 12.1 Å². The Hall–Kier alpha value is -1.88. The van der Waals surface area contributed by atoms with Gasteiger partial charge in [0.15, 0.2) is 0 Å². The molecule has 0 fully saturated rings. The number of benzene rings is 2. The third kappa shape index (κ3) is 3.61. The van der Waals surface area contributed by atoms with Gasteiger partial charge in [-0.1, -0.05) is 22.0 Å². The van der Waals surface area contributed by atoms with Crippen molar-refractivity contribution in [2.45, 2.75) is 20.4 Å². The molecule has 110 valence electrons. The van der Waals surface area contributed by atoms with Crippen LogP contribution in [0, 0.1) is 19.7 Å². The third-order valence-electron chi connectivity index (χ3n) is 3.20. The van der Waals surface area contributed by atoms with E-state index in [2.05, 4.69) is 21.2 Å². The van der Waals surface area contributed by atoms with E-state index in [0.717, 1.165) is 21.3 Å². The Morgan fingerprint density at radius 3 is 2.38 bits per heavy atom. The van der Waals surface area contributed by atoms with Crippen LogP contribution in [-0.4, -0.2) is 11.1 Å². The number of aryl methyl sites for hydroxylation is 2. The summed E-state index contributed by atoms with van der Waals surface area (Å²) in [6.07, 6.45) is 0. The number of carboxylic acids is 1. The fourth-order valence-corrected chi connectivity index (χ4v) is 2.32. The molecule has 0 aromatic heterocycles. The largest absolute Gasteiger partial charge is 0.478 e. The molecule has 21 heavy (non-hydrogen) atoms. The van der Waals surface area contributed by atoms with E-state index in [1.54, 1.807) is 6.07 Å². The van der Waals surface area contributed by atoms with Gasteiger partial charge in [0.25, 0.3) is 0 Å². The Morgan fingerprint density at radius 1 is 1.24 bits per heavy atom. The first-order valence-corrected chi connectivity index (χ1v) is 7.20. The standard InChI is InChI=1S/C16H15BrFNO2/c1-9-5-12(6-10(2)15(9)17)19-8-11-3-4-13(16(20)21)14(18)7-11/h3-7,19H,8H2,1-2H3,(H,20,21). The van der Waals surface area contributed by atoms with Crippen molar-refractivity contribution >= 4 is 27.6 Å². The fraction of sp³-hybridized carbons (Fsp3) is 0.188. The van der Waals surface area contributed by atoms with Crippen LogP contribution in [0.3, 0.4) is 0 Å². The first-order valence-electron chi connectivity index (χ1n) is 6.41. The number of halogens is 2. The van der Waals surface area contributed by atoms with Gasteiger partial charge < -0.3 is 10.4 Å². The molecule has 0 aliphatic heterocycles. The van der Waals surface area contributed by atoms with E-state index in [1.165, 1.54) is 12.1 Å². The monoisotopic (exact) mass is 351 g/mol. The number of hydrogen-bond donors (Lipinski definition) is 2. The Kier molecular flexibility index (Phi) is 4.63. The first-order chi connectivity index (χ1) is 9.88. The van der Waals surface area contributed by atoms with Gasteiger partial charge in [-0.2, -0.15) is 0 Å². The van der Waals surface area contributed by atoms with Crippen LogP contribution in [0.5, 0.6) is 0 Å². The summed E-state index contributed by atoms with van der Waals surface area (Å²) < 4.78 is 14.7. The number of nitrogens with one attached hydrogen (secondary N) is 1. The molecule has 2 rings (SSSR count). The summed E-state index contributed by atoms with van der Waals surface area (Å²) in [4.78, 5) is 10.8. The van der Waals surface area contributed by atoms with Gasteiger partial charge in [-0.15, -0.1) is 0 Å². The summed E-state index contributed by atoms with van der Waals surface area (Å²) in [6.45, 7) is 4.44. The zero-order valence-corrected chi connectivity index (χ0v) is 13.3. The quantitative estimate of drug-likeness (QED) is 0.851. The highest BCUT2D eigenvalue weighted by atomic mass is 79.9. The molecule has 0 saturated carbocycles. The molecule has 0 atom stereocenters. The minimum atomic E-state index is -1.26. The van der Waals surface area contributed by atoms with Crippen LogP contribution < -0.4 is 5.32 Å². The number of aromatic carboxylic acids is 1. The van der Waals surface area contributed by atoms with Crippen molar-refractivity contribution < 1.29 is 14.3 Å². The van der Waals surface area contributed by atoms with E-state index in [9.17, 15) is 9.18 Å². The highest BCUT2D eigenvalue weighted by molar-refractivity contribution is 9.10. The molecule has 0 saturated heterocycles. The van der Waals surface area contributed by atoms with E-state index in [-0.39, 0.29) is 5.56 Å². The molecular weight excluding hydrogens is 337 g/mol. The predicted octanol–water partition coefficient (Wildman–Crippen LogP) is 4.52. The molecule has 0 radical (unpaired) electrons. The Bertz CT molecular complexity index is 678. The van der Waals surface area contributed by atoms with Crippen molar-refractivity contribution in [1.82, 2.24) is 0 Å². The molecular formula is C16H15BrFNO2. The number of hydrogen-bond acceptors (Lipinski definition) is 2. The molecule has 0 amide bonds. The first kappa shape index (κ1) is 15.5. The summed E-state index contributed by atoms with van der Waals surface area (Å²) in [5.74, 6) is -1.98. The van der Waals surface area contributed by atoms with Crippen LogP contribution in [0.15, 0.2) is 34.8 Å². The molecule has 0 aliphatic carbocycles. The molecule has 0 heterocycles.